The van der Waals surface area contributed by atoms with Crippen molar-refractivity contribution in [1.82, 2.24) is 5.06 Å². The third-order valence-corrected chi connectivity index (χ3v) is 2.47. The summed E-state index contributed by atoms with van der Waals surface area (Å²) in [6.07, 6.45) is 0.173. The van der Waals surface area contributed by atoms with Crippen molar-refractivity contribution in [2.45, 2.75) is 33.1 Å². The second kappa shape index (κ2) is 8.65. The smallest absolute Gasteiger partial charge is 0.335 e. The first-order chi connectivity index (χ1) is 9.50. The molecule has 0 aromatic carbocycles. The largest absolute Gasteiger partial charge is 0.379 e. The van der Waals surface area contributed by atoms with E-state index in [-0.39, 0.29) is 25.9 Å². The van der Waals surface area contributed by atoms with Gasteiger partial charge < -0.3 is 14.3 Å². The van der Waals surface area contributed by atoms with Crippen molar-refractivity contribution in [3.8, 4) is 0 Å². The third kappa shape index (κ3) is 6.12. The summed E-state index contributed by atoms with van der Waals surface area (Å²) < 4.78 is 10.5. The Morgan fingerprint density at radius 2 is 1.70 bits per heavy atom. The van der Waals surface area contributed by atoms with Crippen molar-refractivity contribution in [3.63, 3.8) is 0 Å². The van der Waals surface area contributed by atoms with E-state index in [1.807, 2.05) is 0 Å². The first kappa shape index (κ1) is 16.6. The van der Waals surface area contributed by atoms with Gasteiger partial charge in [-0.1, -0.05) is 13.8 Å². The Morgan fingerprint density at radius 1 is 1.10 bits per heavy atom. The second-order valence-corrected chi connectivity index (χ2v) is 4.88. The minimum atomic E-state index is -0.656. The van der Waals surface area contributed by atoms with Crippen LogP contribution in [0.1, 0.15) is 33.1 Å². The van der Waals surface area contributed by atoms with Crippen molar-refractivity contribution in [2.75, 3.05) is 26.4 Å². The van der Waals surface area contributed by atoms with Crippen LogP contribution in [-0.4, -0.2) is 49.3 Å². The molecule has 7 heteroatoms. The first-order valence-corrected chi connectivity index (χ1v) is 6.72. The van der Waals surface area contributed by atoms with E-state index in [2.05, 4.69) is 18.7 Å². The zero-order valence-corrected chi connectivity index (χ0v) is 11.9. The zero-order valence-electron chi connectivity index (χ0n) is 11.9. The molecule has 0 atom stereocenters. The van der Waals surface area contributed by atoms with Gasteiger partial charge in [0.05, 0.1) is 26.2 Å². The van der Waals surface area contributed by atoms with Crippen molar-refractivity contribution >= 4 is 17.8 Å². The van der Waals surface area contributed by atoms with E-state index < -0.39 is 17.8 Å². The maximum atomic E-state index is 11.4. The van der Waals surface area contributed by atoms with Gasteiger partial charge >= 0.3 is 5.97 Å². The van der Waals surface area contributed by atoms with Crippen LogP contribution in [0.15, 0.2) is 0 Å². The Morgan fingerprint density at radius 3 is 2.30 bits per heavy atom. The molecule has 1 aliphatic rings. The normalized spacial score (nSPS) is 15.2. The summed E-state index contributed by atoms with van der Waals surface area (Å²) in [5, 5.41) is 0.536. The maximum absolute atomic E-state index is 11.4. The van der Waals surface area contributed by atoms with Gasteiger partial charge in [0.25, 0.3) is 11.8 Å². The highest BCUT2D eigenvalue weighted by Crippen LogP contribution is 2.12. The Balaban J connectivity index is 2.03. The van der Waals surface area contributed by atoms with Gasteiger partial charge in [-0.15, -0.1) is 5.06 Å². The molecule has 0 aliphatic carbocycles. The molecule has 1 saturated heterocycles. The van der Waals surface area contributed by atoms with E-state index in [4.69, 9.17) is 9.47 Å². The van der Waals surface area contributed by atoms with Crippen molar-refractivity contribution in [2.24, 2.45) is 5.92 Å². The van der Waals surface area contributed by atoms with Crippen LogP contribution < -0.4 is 0 Å². The van der Waals surface area contributed by atoms with Crippen LogP contribution in [0.4, 0.5) is 0 Å². The molecule has 20 heavy (non-hydrogen) atoms. The van der Waals surface area contributed by atoms with Gasteiger partial charge in [0.2, 0.25) is 0 Å². The van der Waals surface area contributed by atoms with Gasteiger partial charge in [0, 0.05) is 19.4 Å². The first-order valence-electron chi connectivity index (χ1n) is 6.72. The van der Waals surface area contributed by atoms with Gasteiger partial charge in [0.1, 0.15) is 0 Å². The summed E-state index contributed by atoms with van der Waals surface area (Å²) in [6.45, 7) is 5.80. The van der Waals surface area contributed by atoms with Crippen LogP contribution in [0.3, 0.4) is 0 Å². The Labute approximate surface area is 118 Å². The van der Waals surface area contributed by atoms with Crippen molar-refractivity contribution in [3.05, 3.63) is 0 Å². The molecule has 0 bridgehead atoms. The molecule has 1 heterocycles. The summed E-state index contributed by atoms with van der Waals surface area (Å²) in [4.78, 5) is 38.5. The van der Waals surface area contributed by atoms with E-state index in [1.165, 1.54) is 0 Å². The summed E-state index contributed by atoms with van der Waals surface area (Å²) in [5.41, 5.74) is 0. The van der Waals surface area contributed by atoms with Crippen LogP contribution in [-0.2, 0) is 28.7 Å². The molecular formula is C13H21NO6. The number of imide groups is 1. The highest BCUT2D eigenvalue weighted by Gasteiger charge is 2.32. The summed E-state index contributed by atoms with van der Waals surface area (Å²) in [6, 6.07) is 0. The number of ether oxygens (including phenoxy) is 2. The number of amides is 2. The summed E-state index contributed by atoms with van der Waals surface area (Å²) in [5.74, 6) is -1.14. The molecule has 0 radical (unpaired) electrons. The van der Waals surface area contributed by atoms with Crippen molar-refractivity contribution < 1.29 is 28.7 Å². The van der Waals surface area contributed by atoms with Crippen molar-refractivity contribution in [1.29, 1.82) is 0 Å². The number of carbonyl (C=O) groups is 3. The molecule has 0 aromatic rings. The van der Waals surface area contributed by atoms with Gasteiger partial charge in [0.15, 0.2) is 0 Å². The number of nitrogens with zero attached hydrogens (tertiary/aromatic N) is 1. The fourth-order valence-electron chi connectivity index (χ4n) is 1.50. The lowest BCUT2D eigenvalue weighted by Gasteiger charge is -2.12. The molecule has 1 rings (SSSR count). The molecule has 0 unspecified atom stereocenters. The molecular weight excluding hydrogens is 266 g/mol. The van der Waals surface area contributed by atoms with Gasteiger partial charge in [-0.25, -0.2) is 4.79 Å². The van der Waals surface area contributed by atoms with Gasteiger partial charge in [-0.05, 0) is 5.92 Å². The van der Waals surface area contributed by atoms with E-state index >= 15 is 0 Å². The van der Waals surface area contributed by atoms with Crippen LogP contribution in [0, 0.1) is 5.92 Å². The highest BCUT2D eigenvalue weighted by molar-refractivity contribution is 6.01. The van der Waals surface area contributed by atoms with E-state index in [9.17, 15) is 14.4 Å². The van der Waals surface area contributed by atoms with E-state index in [1.54, 1.807) is 0 Å². The predicted molar refractivity (Wildman–Crippen MR) is 68.3 cm³/mol. The lowest BCUT2D eigenvalue weighted by Crippen LogP contribution is -2.32. The second-order valence-electron chi connectivity index (χ2n) is 4.88. The molecule has 0 N–H and O–H groups in total. The number of hydrogen-bond acceptors (Lipinski definition) is 6. The topological polar surface area (TPSA) is 82.1 Å². The zero-order chi connectivity index (χ0) is 15.0. The fourth-order valence-corrected chi connectivity index (χ4v) is 1.50. The Bertz CT molecular complexity index is 339. The van der Waals surface area contributed by atoms with Crippen LogP contribution in [0.2, 0.25) is 0 Å². The van der Waals surface area contributed by atoms with E-state index in [0.29, 0.717) is 30.8 Å². The molecule has 1 fully saturated rings. The summed E-state index contributed by atoms with van der Waals surface area (Å²) in [7, 11) is 0. The minimum absolute atomic E-state index is 0.0127. The standard InChI is InChI=1S/C13H21NO6/c1-10(2)9-19-8-7-18-6-5-13(17)20-14-11(15)3-4-12(14)16/h10H,3-9H2,1-2H3. The highest BCUT2D eigenvalue weighted by atomic mass is 16.7. The fraction of sp³-hybridized carbons (Fsp3) is 0.769. The maximum Gasteiger partial charge on any atom is 0.335 e. The molecule has 1 aliphatic heterocycles. The molecule has 2 amide bonds. The average molecular weight is 287 g/mol. The van der Waals surface area contributed by atoms with Gasteiger partial charge in [-0.3, -0.25) is 9.59 Å². The van der Waals surface area contributed by atoms with E-state index in [0.717, 1.165) is 0 Å². The molecule has 7 nitrogen and oxygen atoms in total. The van der Waals surface area contributed by atoms with Crippen LogP contribution in [0.5, 0.6) is 0 Å². The lowest BCUT2D eigenvalue weighted by molar-refractivity contribution is -0.198. The number of hydroxylamine groups is 2. The minimum Gasteiger partial charge on any atom is -0.379 e. The van der Waals surface area contributed by atoms with Crippen LogP contribution in [0.25, 0.3) is 0 Å². The SMILES string of the molecule is CC(C)COCCOCCC(=O)ON1C(=O)CCC1=O. The molecule has 0 saturated carbocycles. The van der Waals surface area contributed by atoms with Gasteiger partial charge in [-0.2, -0.15) is 0 Å². The lowest BCUT2D eigenvalue weighted by atomic mass is 10.2. The molecule has 114 valence electrons. The molecule has 0 aromatic heterocycles. The Kier molecular flexibility index (Phi) is 7.17. The summed E-state index contributed by atoms with van der Waals surface area (Å²) >= 11 is 0. The predicted octanol–water partition coefficient (Wildman–Crippen LogP) is 0.673. The Hall–Kier alpha value is -1.47. The average Bonchev–Trinajstić information content (AvgIpc) is 2.69. The molecule has 0 spiro atoms. The number of hydrogen-bond donors (Lipinski definition) is 0. The number of carbonyl (C=O) groups excluding carboxylic acids is 3. The monoisotopic (exact) mass is 287 g/mol. The van der Waals surface area contributed by atoms with Crippen LogP contribution >= 0.6 is 0 Å². The number of rotatable bonds is 9. The third-order valence-electron chi connectivity index (χ3n) is 2.47. The quantitative estimate of drug-likeness (QED) is 0.458.